The van der Waals surface area contributed by atoms with Gasteiger partial charge in [0.15, 0.2) is 5.82 Å². The minimum Gasteiger partial charge on any atom is -0.491 e. The molecule has 2 fully saturated rings. The van der Waals surface area contributed by atoms with Crippen LogP contribution in [0.1, 0.15) is 31.5 Å². The van der Waals surface area contributed by atoms with Crippen molar-refractivity contribution in [2.24, 2.45) is 17.8 Å². The molecule has 1 N–H and O–H groups in total. The number of nitrogens with zero attached hydrogens (tertiary/aromatic N) is 3. The monoisotopic (exact) mass is 406 g/mol. The van der Waals surface area contributed by atoms with Crippen molar-refractivity contribution >= 4 is 11.8 Å². The van der Waals surface area contributed by atoms with E-state index in [-0.39, 0.29) is 36.8 Å². The molecular weight excluding hydrogens is 380 g/mol. The van der Waals surface area contributed by atoms with Gasteiger partial charge in [-0.2, -0.15) is 4.98 Å². The summed E-state index contributed by atoms with van der Waals surface area (Å²) >= 11 is 0. The third-order valence-corrected chi connectivity index (χ3v) is 5.86. The molecule has 0 aromatic carbocycles. The second-order valence-electron chi connectivity index (χ2n) is 7.64. The van der Waals surface area contributed by atoms with E-state index in [4.69, 9.17) is 18.7 Å². The fourth-order valence-electron chi connectivity index (χ4n) is 4.28. The molecule has 1 aromatic rings. The molecule has 3 aliphatic rings. The van der Waals surface area contributed by atoms with Crippen molar-refractivity contribution in [2.45, 2.75) is 32.9 Å². The van der Waals surface area contributed by atoms with Crippen LogP contribution in [-0.4, -0.2) is 60.3 Å². The molecule has 158 valence electrons. The van der Waals surface area contributed by atoms with Gasteiger partial charge < -0.3 is 29.0 Å². The number of hydrogen-bond donors (Lipinski definition) is 1. The minimum atomic E-state index is -0.150. The highest BCUT2D eigenvalue weighted by molar-refractivity contribution is 5.92. The molecule has 0 unspecified atom stereocenters. The molecule has 1 aliphatic carbocycles. The van der Waals surface area contributed by atoms with Gasteiger partial charge in [-0.15, -0.1) is 0 Å². The lowest BCUT2D eigenvalue weighted by Gasteiger charge is -2.50. The van der Waals surface area contributed by atoms with Crippen LogP contribution in [0.5, 0.6) is 0 Å². The second-order valence-corrected chi connectivity index (χ2v) is 7.64. The van der Waals surface area contributed by atoms with E-state index in [0.29, 0.717) is 55.5 Å². The van der Waals surface area contributed by atoms with Gasteiger partial charge in [-0.1, -0.05) is 5.16 Å². The molecule has 0 radical (unpaired) electrons. The highest BCUT2D eigenvalue weighted by Gasteiger charge is 2.48. The Morgan fingerprint density at radius 1 is 1.31 bits per heavy atom. The number of nitrogens with one attached hydrogen (secondary N) is 1. The Hall–Kier alpha value is -2.62. The highest BCUT2D eigenvalue weighted by atomic mass is 16.6. The maximum Gasteiger partial charge on any atom is 0.292 e. The molecule has 0 spiro atoms. The second kappa shape index (κ2) is 8.40. The van der Waals surface area contributed by atoms with Crippen LogP contribution in [0.3, 0.4) is 0 Å². The zero-order valence-corrected chi connectivity index (χ0v) is 16.7. The number of fused-ring (bicyclic) bond motifs is 1. The fourth-order valence-corrected chi connectivity index (χ4v) is 4.28. The van der Waals surface area contributed by atoms with Gasteiger partial charge >= 0.3 is 0 Å². The van der Waals surface area contributed by atoms with E-state index in [1.165, 1.54) is 0 Å². The summed E-state index contributed by atoms with van der Waals surface area (Å²) in [5.74, 6) is 1.93. The molecule has 10 heteroatoms. The Morgan fingerprint density at radius 2 is 2.14 bits per heavy atom. The Morgan fingerprint density at radius 3 is 2.93 bits per heavy atom. The molecule has 1 saturated heterocycles. The third-order valence-electron chi connectivity index (χ3n) is 5.86. The van der Waals surface area contributed by atoms with Crippen LogP contribution in [0.25, 0.3) is 0 Å². The number of ether oxygens (including phenoxy) is 3. The summed E-state index contributed by atoms with van der Waals surface area (Å²) in [5.41, 5.74) is 0. The van der Waals surface area contributed by atoms with Crippen LogP contribution < -0.4 is 5.32 Å². The van der Waals surface area contributed by atoms with E-state index in [1.54, 1.807) is 18.9 Å². The molecule has 29 heavy (non-hydrogen) atoms. The number of methoxy groups -OCH3 is 1. The average Bonchev–Trinajstić information content (AvgIpc) is 3.15. The predicted molar refractivity (Wildman–Crippen MR) is 97.7 cm³/mol. The summed E-state index contributed by atoms with van der Waals surface area (Å²) in [5, 5.41) is 6.65. The van der Waals surface area contributed by atoms with Crippen LogP contribution in [0.15, 0.2) is 16.0 Å². The first-order chi connectivity index (χ1) is 14.1. The van der Waals surface area contributed by atoms with E-state index in [1.807, 2.05) is 0 Å². The quantitative estimate of drug-likeness (QED) is 0.730. The van der Waals surface area contributed by atoms with Crippen molar-refractivity contribution in [1.82, 2.24) is 20.4 Å². The standard InChI is InChI=1S/C19H26N4O6/c1-11-17(28-6-5-27-11)19(25)23-4-3-12-7-13(14(12)9-23)18(24)20-8-16-21-15(10-26-2)22-29-16/h12-14H,3-10H2,1-2H3,(H,20,24)/t12-,13-,14-/m1/s1. The Balaban J connectivity index is 1.31. The van der Waals surface area contributed by atoms with Crippen molar-refractivity contribution in [3.8, 4) is 0 Å². The van der Waals surface area contributed by atoms with E-state index in [9.17, 15) is 9.59 Å². The number of likely N-dealkylation sites (tertiary alicyclic amines) is 1. The van der Waals surface area contributed by atoms with Gasteiger partial charge in [-0.05, 0) is 31.6 Å². The third kappa shape index (κ3) is 4.07. The summed E-state index contributed by atoms with van der Waals surface area (Å²) in [6, 6.07) is 0. The molecule has 2 amide bonds. The van der Waals surface area contributed by atoms with Crippen LogP contribution in [0, 0.1) is 17.8 Å². The largest absolute Gasteiger partial charge is 0.491 e. The maximum atomic E-state index is 12.8. The smallest absolute Gasteiger partial charge is 0.292 e. The number of rotatable bonds is 6. The van der Waals surface area contributed by atoms with Crippen molar-refractivity contribution in [3.63, 3.8) is 0 Å². The number of allylic oxidation sites excluding steroid dienone is 1. The number of piperidine rings is 1. The lowest BCUT2D eigenvalue weighted by atomic mass is 9.61. The normalized spacial score (nSPS) is 26.1. The fraction of sp³-hybridized carbons (Fsp3) is 0.684. The zero-order valence-electron chi connectivity index (χ0n) is 16.7. The topological polar surface area (TPSA) is 116 Å². The SMILES string of the molecule is COCc1noc(CNC(=O)[C@@H]2C[C@H]3CCN(C(=O)C4=C(C)OCCO4)C[C@H]32)n1. The Labute approximate surface area is 168 Å². The van der Waals surface area contributed by atoms with Crippen molar-refractivity contribution in [1.29, 1.82) is 0 Å². The number of aromatic nitrogens is 2. The maximum absolute atomic E-state index is 12.8. The molecule has 1 aromatic heterocycles. The predicted octanol–water partition coefficient (Wildman–Crippen LogP) is 0.595. The van der Waals surface area contributed by atoms with Crippen LogP contribution in [0.4, 0.5) is 0 Å². The van der Waals surface area contributed by atoms with E-state index >= 15 is 0 Å². The van der Waals surface area contributed by atoms with Gasteiger partial charge in [0.05, 0.1) is 6.54 Å². The van der Waals surface area contributed by atoms with Gasteiger partial charge in [0.2, 0.25) is 17.6 Å². The Kier molecular flexibility index (Phi) is 5.70. The molecule has 1 saturated carbocycles. The van der Waals surface area contributed by atoms with Gasteiger partial charge in [0, 0.05) is 26.1 Å². The number of hydrogen-bond acceptors (Lipinski definition) is 8. The van der Waals surface area contributed by atoms with Crippen molar-refractivity contribution in [2.75, 3.05) is 33.4 Å². The molecular formula is C19H26N4O6. The van der Waals surface area contributed by atoms with Gasteiger partial charge in [-0.25, -0.2) is 0 Å². The first kappa shape index (κ1) is 19.7. The molecule has 4 rings (SSSR count). The lowest BCUT2D eigenvalue weighted by Crippen LogP contribution is -2.56. The first-order valence-electron chi connectivity index (χ1n) is 9.90. The van der Waals surface area contributed by atoms with Crippen molar-refractivity contribution in [3.05, 3.63) is 23.2 Å². The number of amides is 2. The summed E-state index contributed by atoms with van der Waals surface area (Å²) in [4.78, 5) is 31.4. The van der Waals surface area contributed by atoms with Gasteiger partial charge in [0.1, 0.15) is 25.6 Å². The molecule has 2 aliphatic heterocycles. The zero-order chi connectivity index (χ0) is 20.4. The highest BCUT2D eigenvalue weighted by Crippen LogP contribution is 2.46. The summed E-state index contributed by atoms with van der Waals surface area (Å²) < 4.78 is 21.0. The molecule has 3 heterocycles. The van der Waals surface area contributed by atoms with E-state index in [2.05, 4.69) is 15.5 Å². The van der Waals surface area contributed by atoms with E-state index < -0.39 is 0 Å². The van der Waals surface area contributed by atoms with E-state index in [0.717, 1.165) is 12.8 Å². The van der Waals surface area contributed by atoms with Crippen LogP contribution >= 0.6 is 0 Å². The molecule has 0 bridgehead atoms. The van der Waals surface area contributed by atoms with Crippen molar-refractivity contribution < 1.29 is 28.3 Å². The Bertz CT molecular complexity index is 806. The van der Waals surface area contributed by atoms with Gasteiger partial charge in [0.25, 0.3) is 5.91 Å². The average molecular weight is 406 g/mol. The summed E-state index contributed by atoms with van der Waals surface area (Å²) in [6.45, 7) is 4.27. The number of carbonyl (C=O) groups is 2. The first-order valence-corrected chi connectivity index (χ1v) is 9.90. The number of carbonyl (C=O) groups excluding carboxylic acids is 2. The summed E-state index contributed by atoms with van der Waals surface area (Å²) in [6.07, 6.45) is 1.75. The minimum absolute atomic E-state index is 0.0420. The lowest BCUT2D eigenvalue weighted by molar-refractivity contribution is -0.146. The van der Waals surface area contributed by atoms with Gasteiger partial charge in [-0.3, -0.25) is 9.59 Å². The van der Waals surface area contributed by atoms with Crippen LogP contribution in [0.2, 0.25) is 0 Å². The molecule has 10 nitrogen and oxygen atoms in total. The molecule has 3 atom stereocenters. The summed E-state index contributed by atoms with van der Waals surface area (Å²) in [7, 11) is 1.55. The van der Waals surface area contributed by atoms with Crippen LogP contribution in [-0.2, 0) is 37.0 Å².